The van der Waals surface area contributed by atoms with E-state index in [1.165, 1.54) is 17.8 Å². The van der Waals surface area contributed by atoms with E-state index in [4.69, 9.17) is 11.6 Å². The maximum absolute atomic E-state index is 14.2. The highest BCUT2D eigenvalue weighted by Gasteiger charge is 2.37. The van der Waals surface area contributed by atoms with Crippen LogP contribution in [0.5, 0.6) is 0 Å². The molecule has 3 aromatic rings. The molecule has 282 valence electrons. The normalized spacial score (nSPS) is 19.4. The van der Waals surface area contributed by atoms with Crippen molar-refractivity contribution in [1.82, 2.24) is 34.4 Å². The van der Waals surface area contributed by atoms with Crippen LogP contribution < -0.4 is 11.0 Å². The minimum atomic E-state index is -4.67. The molecule has 2 amide bonds. The van der Waals surface area contributed by atoms with Gasteiger partial charge in [0, 0.05) is 64.3 Å². The van der Waals surface area contributed by atoms with Gasteiger partial charge in [0.15, 0.2) is 5.82 Å². The number of aromatic nitrogens is 3. The predicted molar refractivity (Wildman–Crippen MR) is 194 cm³/mol. The van der Waals surface area contributed by atoms with Crippen molar-refractivity contribution in [3.63, 3.8) is 0 Å². The summed E-state index contributed by atoms with van der Waals surface area (Å²) in [6.45, 7) is 5.85. The van der Waals surface area contributed by atoms with Gasteiger partial charge in [-0.15, -0.1) is 5.10 Å². The van der Waals surface area contributed by atoms with E-state index in [1.54, 1.807) is 9.80 Å². The molecule has 6 rings (SSSR count). The van der Waals surface area contributed by atoms with Gasteiger partial charge in [-0.3, -0.25) is 19.5 Å². The van der Waals surface area contributed by atoms with Crippen molar-refractivity contribution in [3.05, 3.63) is 69.1 Å². The first kappa shape index (κ1) is 37.9. The molecule has 3 aliphatic rings. The van der Waals surface area contributed by atoms with Gasteiger partial charge in [-0.2, -0.15) is 13.2 Å². The second-order valence-electron chi connectivity index (χ2n) is 14.3. The number of hydrogen-bond acceptors (Lipinski definition) is 7. The smallest absolute Gasteiger partial charge is 0.386 e. The average Bonchev–Trinajstić information content (AvgIpc) is 3.40. The fourth-order valence-corrected chi connectivity index (χ4v) is 8.28. The highest BCUT2D eigenvalue weighted by Crippen LogP contribution is 2.40. The molecule has 52 heavy (non-hydrogen) atoms. The van der Waals surface area contributed by atoms with Crippen molar-refractivity contribution in [2.45, 2.75) is 63.2 Å². The number of benzene rings is 2. The Kier molecular flexibility index (Phi) is 12.0. The topological polar surface area (TPSA) is 110 Å². The Morgan fingerprint density at radius 2 is 1.62 bits per heavy atom. The first-order valence-corrected chi connectivity index (χ1v) is 18.6. The number of nitrogens with zero attached hydrogens (tertiary/aromatic N) is 6. The predicted octanol–water partition coefficient (Wildman–Crippen LogP) is 4.99. The largest absolute Gasteiger partial charge is 0.418 e. The molecule has 1 aromatic heterocycles. The molecule has 3 aliphatic heterocycles. The second kappa shape index (κ2) is 16.4. The van der Waals surface area contributed by atoms with Gasteiger partial charge in [0.25, 0.3) is 0 Å². The molecule has 0 bridgehead atoms. The summed E-state index contributed by atoms with van der Waals surface area (Å²) in [5.41, 5.74) is -0.414. The lowest BCUT2D eigenvalue weighted by Gasteiger charge is -2.39. The number of nitrogens with one attached hydrogen (secondary N) is 2. The monoisotopic (exact) mass is 744 g/mol. The fraction of sp³-hybridized carbons (Fsp3) is 0.568. The molecule has 3 fully saturated rings. The van der Waals surface area contributed by atoms with Crippen LogP contribution >= 0.6 is 11.6 Å². The minimum Gasteiger partial charge on any atom is -0.386 e. The van der Waals surface area contributed by atoms with E-state index in [0.717, 1.165) is 57.1 Å². The number of alkyl halides is 3. The molecule has 0 spiro atoms. The van der Waals surface area contributed by atoms with Crippen molar-refractivity contribution in [2.24, 2.45) is 5.92 Å². The molecule has 15 heteroatoms. The van der Waals surface area contributed by atoms with Crippen LogP contribution in [0.25, 0.3) is 11.4 Å². The third-order valence-corrected chi connectivity index (χ3v) is 11.2. The molecule has 3 saturated heterocycles. The summed E-state index contributed by atoms with van der Waals surface area (Å²) in [6, 6.07) is 12.0. The van der Waals surface area contributed by atoms with E-state index >= 15 is 0 Å². The summed E-state index contributed by atoms with van der Waals surface area (Å²) in [6.07, 6.45) is -1.16. The van der Waals surface area contributed by atoms with Crippen LogP contribution in [0.2, 0.25) is 5.02 Å². The standard InChI is InChI=1S/C37H48ClF3N8O3/c1-42-33-30(37(39,40)41)22-25(23-31(33)38)21-27(35(51)48-17-9-28(10-18-48)46-14-6-13-45(2)19-20-46)24-32(50)47-15-11-29(12-16-47)49-36(52)43-34(44-49)26-7-4-3-5-8-26/h3-5,7-8,22-23,27-29,42H,6,9-21,24H2,1-2H3,(H,43,44,52)/t27-/m0/s1. The van der Waals surface area contributed by atoms with Gasteiger partial charge < -0.3 is 20.0 Å². The Balaban J connectivity index is 1.15. The number of likely N-dealkylation sites (N-methyl/N-ethyl adjacent to an activating group) is 1. The van der Waals surface area contributed by atoms with Crippen molar-refractivity contribution >= 4 is 29.1 Å². The number of rotatable bonds is 9. The molecule has 2 N–H and O–H groups in total. The zero-order chi connectivity index (χ0) is 37.0. The summed E-state index contributed by atoms with van der Waals surface area (Å²) >= 11 is 6.33. The summed E-state index contributed by atoms with van der Waals surface area (Å²) < 4.78 is 43.7. The molecule has 0 aliphatic carbocycles. The number of halogens is 4. The van der Waals surface area contributed by atoms with Crippen molar-refractivity contribution in [2.75, 3.05) is 71.8 Å². The first-order chi connectivity index (χ1) is 24.9. The van der Waals surface area contributed by atoms with Gasteiger partial charge in [0.1, 0.15) is 0 Å². The number of anilines is 1. The molecule has 11 nitrogen and oxygen atoms in total. The highest BCUT2D eigenvalue weighted by atomic mass is 35.5. The van der Waals surface area contributed by atoms with Crippen molar-refractivity contribution in [3.8, 4) is 11.4 Å². The van der Waals surface area contributed by atoms with Crippen LogP contribution in [0.4, 0.5) is 18.9 Å². The van der Waals surface area contributed by atoms with Crippen molar-refractivity contribution in [1.29, 1.82) is 0 Å². The zero-order valence-corrected chi connectivity index (χ0v) is 30.6. The van der Waals surface area contributed by atoms with Gasteiger partial charge in [-0.05, 0) is 76.4 Å². The number of piperidine rings is 2. The van der Waals surface area contributed by atoms with Crippen LogP contribution in [-0.4, -0.2) is 119 Å². The summed E-state index contributed by atoms with van der Waals surface area (Å²) in [5.74, 6) is -0.858. The summed E-state index contributed by atoms with van der Waals surface area (Å²) in [5, 5.41) is 6.97. The molecule has 0 radical (unpaired) electrons. The van der Waals surface area contributed by atoms with Crippen LogP contribution in [0, 0.1) is 5.92 Å². The quantitative estimate of drug-likeness (QED) is 0.318. The number of amides is 2. The van der Waals surface area contributed by atoms with Gasteiger partial charge in [-0.25, -0.2) is 9.48 Å². The van der Waals surface area contributed by atoms with Gasteiger partial charge in [0.2, 0.25) is 11.8 Å². The number of carbonyl (C=O) groups is 2. The van der Waals surface area contributed by atoms with Gasteiger partial charge in [-0.1, -0.05) is 41.9 Å². The number of hydrogen-bond donors (Lipinski definition) is 2. The lowest BCUT2D eigenvalue weighted by atomic mass is 9.91. The Morgan fingerprint density at radius 3 is 2.29 bits per heavy atom. The van der Waals surface area contributed by atoms with Crippen LogP contribution in [0.1, 0.15) is 55.7 Å². The zero-order valence-electron chi connectivity index (χ0n) is 29.8. The van der Waals surface area contributed by atoms with Crippen molar-refractivity contribution < 1.29 is 22.8 Å². The molecular weight excluding hydrogens is 697 g/mol. The van der Waals surface area contributed by atoms with Crippen LogP contribution in [0.15, 0.2) is 47.3 Å². The second-order valence-corrected chi connectivity index (χ2v) is 14.7. The SMILES string of the molecule is CNc1c(Cl)cc(C[C@@H](CC(=O)N2CCC(n3nc(-c4ccccc4)[nH]c3=O)CC2)C(=O)N2CCC(N3CCCN(C)CC3)CC2)cc1C(F)(F)F. The summed E-state index contributed by atoms with van der Waals surface area (Å²) in [7, 11) is 3.51. The minimum absolute atomic E-state index is 0.0584. The van der Waals surface area contributed by atoms with E-state index in [1.807, 2.05) is 30.3 Å². The average molecular weight is 745 g/mol. The molecule has 2 aromatic carbocycles. The third kappa shape index (κ3) is 8.83. The maximum Gasteiger partial charge on any atom is 0.418 e. The number of aromatic amines is 1. The summed E-state index contributed by atoms with van der Waals surface area (Å²) in [4.78, 5) is 52.0. The van der Waals surface area contributed by atoms with E-state index in [-0.39, 0.29) is 52.7 Å². The lowest BCUT2D eigenvalue weighted by Crippen LogP contribution is -2.50. The van der Waals surface area contributed by atoms with E-state index in [2.05, 4.69) is 32.2 Å². The fourth-order valence-electron chi connectivity index (χ4n) is 7.94. The Bertz CT molecular complexity index is 1750. The van der Waals surface area contributed by atoms with E-state index < -0.39 is 17.7 Å². The van der Waals surface area contributed by atoms with Gasteiger partial charge in [0.05, 0.1) is 28.2 Å². The highest BCUT2D eigenvalue weighted by molar-refractivity contribution is 6.33. The molecular formula is C37H48ClF3N8O3. The number of carbonyl (C=O) groups excluding carboxylic acids is 2. The molecule has 1 atom stereocenters. The maximum atomic E-state index is 14.2. The Morgan fingerprint density at radius 1 is 0.942 bits per heavy atom. The van der Waals surface area contributed by atoms with Gasteiger partial charge >= 0.3 is 11.9 Å². The molecule has 4 heterocycles. The number of H-pyrrole nitrogens is 1. The van der Waals surface area contributed by atoms with Crippen LogP contribution in [-0.2, 0) is 22.2 Å². The third-order valence-electron chi connectivity index (χ3n) is 10.9. The Hall–Kier alpha value is -3.88. The molecule has 0 unspecified atom stereocenters. The number of likely N-dealkylation sites (tertiary alicyclic amines) is 2. The van der Waals surface area contributed by atoms with E-state index in [9.17, 15) is 27.6 Å². The Labute approximate surface area is 307 Å². The van der Waals surface area contributed by atoms with Crippen LogP contribution in [0.3, 0.4) is 0 Å². The first-order valence-electron chi connectivity index (χ1n) is 18.2. The van der Waals surface area contributed by atoms with E-state index in [0.29, 0.717) is 50.9 Å². The lowest BCUT2D eigenvalue weighted by molar-refractivity contribution is -0.143. The molecule has 0 saturated carbocycles.